The van der Waals surface area contributed by atoms with Gasteiger partial charge in [0.25, 0.3) is 0 Å². The van der Waals surface area contributed by atoms with Gasteiger partial charge in [0.1, 0.15) is 22.8 Å². The van der Waals surface area contributed by atoms with E-state index in [9.17, 15) is 17.6 Å². The second-order valence-electron chi connectivity index (χ2n) is 15.7. The Bertz CT molecular complexity index is 2010. The molecule has 2 aromatic carbocycles. The Hall–Kier alpha value is -3.68. The van der Waals surface area contributed by atoms with E-state index in [1.165, 1.54) is 11.0 Å². The van der Waals surface area contributed by atoms with Crippen LogP contribution in [-0.2, 0) is 6.42 Å². The minimum atomic E-state index is -4.20. The zero-order valence-corrected chi connectivity index (χ0v) is 28.9. The van der Waals surface area contributed by atoms with Gasteiger partial charge < -0.3 is 19.9 Å². The lowest BCUT2D eigenvalue weighted by molar-refractivity contribution is -0.149. The third-order valence-corrected chi connectivity index (χ3v) is 12.0. The SMILES string of the molecule is Cc1c(F)ccc2cccc(-c3nc4c5c(nc(OCC6(CN7CCN(CC(F)(F)F)CC7)CC6)nc5c3F)N3C[C@H]5CC[C@H](N5)[C@@H]3[C@@H](C)C4)c12. The van der Waals surface area contributed by atoms with Crippen molar-refractivity contribution < 1.29 is 26.7 Å². The van der Waals surface area contributed by atoms with Gasteiger partial charge in [-0.1, -0.05) is 31.2 Å². The fourth-order valence-electron chi connectivity index (χ4n) is 9.31. The molecule has 4 fully saturated rings. The number of piperazine rings is 2. The highest BCUT2D eigenvalue weighted by Gasteiger charge is 2.48. The van der Waals surface area contributed by atoms with Crippen molar-refractivity contribution in [3.63, 3.8) is 0 Å². The summed E-state index contributed by atoms with van der Waals surface area (Å²) in [5.74, 6) is -0.103. The molecule has 1 N–H and O–H groups in total. The maximum atomic E-state index is 17.2. The maximum absolute atomic E-state index is 17.2. The molecule has 4 atom stereocenters. The van der Waals surface area contributed by atoms with Crippen molar-refractivity contribution >= 4 is 27.5 Å². The van der Waals surface area contributed by atoms with Crippen LogP contribution in [0.2, 0.25) is 0 Å². The van der Waals surface area contributed by atoms with Crippen molar-refractivity contribution in [1.82, 2.24) is 30.1 Å². The lowest BCUT2D eigenvalue weighted by atomic mass is 9.89. The quantitative estimate of drug-likeness (QED) is 0.226. The standard InChI is InChI=1S/C38H42F5N7O/c1-21-16-28-30-33(31(40)32(45-28)25-5-3-4-23-6-8-26(39)22(2)29(23)25)46-36(47-35(30)50-17-24-7-9-27(44-24)34(21)50)51-20-37(10-11-37)18-48-12-14-49(15-13-48)19-38(41,42)43/h3-6,8,21,24,27,34,44H,7,9-20H2,1-2H3/t21-,24+,27-,34-/m0/s1. The van der Waals surface area contributed by atoms with Crippen LogP contribution < -0.4 is 15.0 Å². The summed E-state index contributed by atoms with van der Waals surface area (Å²) in [7, 11) is 0. The lowest BCUT2D eigenvalue weighted by Gasteiger charge is -2.43. The Labute approximate surface area is 293 Å². The number of hydrogen-bond acceptors (Lipinski definition) is 8. The fraction of sp³-hybridized carbons (Fsp3) is 0.553. The van der Waals surface area contributed by atoms with Crippen LogP contribution in [0.1, 0.15) is 43.9 Å². The highest BCUT2D eigenvalue weighted by Crippen LogP contribution is 2.48. The number of ether oxygens (including phenoxy) is 1. The summed E-state index contributed by atoms with van der Waals surface area (Å²) in [5.41, 5.74) is 1.83. The number of rotatable bonds is 7. The van der Waals surface area contributed by atoms with Crippen molar-refractivity contribution in [1.29, 1.82) is 0 Å². The van der Waals surface area contributed by atoms with Crippen LogP contribution in [0.5, 0.6) is 6.01 Å². The summed E-state index contributed by atoms with van der Waals surface area (Å²) in [4.78, 5) is 20.9. The van der Waals surface area contributed by atoms with Crippen LogP contribution in [0.15, 0.2) is 30.3 Å². The summed E-state index contributed by atoms with van der Waals surface area (Å²) in [6.45, 7) is 6.74. The first-order chi connectivity index (χ1) is 24.5. The third kappa shape index (κ3) is 5.98. The number of nitrogens with one attached hydrogen (secondary N) is 1. The first kappa shape index (κ1) is 33.2. The van der Waals surface area contributed by atoms with Crippen LogP contribution in [0.25, 0.3) is 32.9 Å². The van der Waals surface area contributed by atoms with Crippen LogP contribution in [0.3, 0.4) is 0 Å². The van der Waals surface area contributed by atoms with E-state index in [1.807, 2.05) is 12.1 Å². The summed E-state index contributed by atoms with van der Waals surface area (Å²) in [6.07, 6.45) is 0.412. The van der Waals surface area contributed by atoms with Crippen molar-refractivity contribution in [2.24, 2.45) is 11.3 Å². The van der Waals surface area contributed by atoms with Gasteiger partial charge in [0.2, 0.25) is 0 Å². The van der Waals surface area contributed by atoms with Gasteiger partial charge >= 0.3 is 12.2 Å². The molecule has 4 aromatic rings. The van der Waals surface area contributed by atoms with Crippen LogP contribution in [0, 0.1) is 29.9 Å². The predicted octanol–water partition coefficient (Wildman–Crippen LogP) is 6.27. The Morgan fingerprint density at radius 3 is 2.51 bits per heavy atom. The summed E-state index contributed by atoms with van der Waals surface area (Å²) in [6, 6.07) is 9.51. The van der Waals surface area contributed by atoms with Crippen LogP contribution in [0.4, 0.5) is 27.8 Å². The van der Waals surface area contributed by atoms with Gasteiger partial charge in [0.05, 0.1) is 24.2 Å². The number of benzene rings is 2. The molecule has 3 saturated heterocycles. The second-order valence-corrected chi connectivity index (χ2v) is 15.7. The van der Waals surface area contributed by atoms with Crippen molar-refractivity contribution in [3.8, 4) is 17.3 Å². The molecular formula is C38H42F5N7O. The molecule has 0 amide bonds. The molecule has 51 heavy (non-hydrogen) atoms. The van der Waals surface area contributed by atoms with Gasteiger partial charge in [-0.25, -0.2) is 13.8 Å². The molecule has 8 nitrogen and oxygen atoms in total. The van der Waals surface area contributed by atoms with Crippen LogP contribution in [-0.4, -0.2) is 101 Å². The van der Waals surface area contributed by atoms with E-state index >= 15 is 4.39 Å². The zero-order chi connectivity index (χ0) is 35.2. The number of alkyl halides is 3. The molecule has 0 radical (unpaired) electrons. The summed E-state index contributed by atoms with van der Waals surface area (Å²) < 4.78 is 77.3. The molecule has 0 unspecified atom stereocenters. The predicted molar refractivity (Wildman–Crippen MR) is 185 cm³/mol. The van der Waals surface area contributed by atoms with E-state index in [0.29, 0.717) is 73.0 Å². The number of aromatic nitrogens is 3. The average Bonchev–Trinajstić information content (AvgIpc) is 3.79. The third-order valence-electron chi connectivity index (χ3n) is 12.0. The highest BCUT2D eigenvalue weighted by atomic mass is 19.4. The number of pyridine rings is 1. The van der Waals surface area contributed by atoms with Gasteiger partial charge in [-0.2, -0.15) is 23.1 Å². The van der Waals surface area contributed by atoms with Gasteiger partial charge in [-0.15, -0.1) is 0 Å². The van der Waals surface area contributed by atoms with Gasteiger partial charge in [0, 0.05) is 68.4 Å². The number of fused-ring (bicyclic) bond motifs is 6. The molecule has 0 spiro atoms. The second kappa shape index (κ2) is 12.2. The van der Waals surface area contributed by atoms with E-state index in [1.54, 1.807) is 19.1 Å². The average molecular weight is 708 g/mol. The molecule has 270 valence electrons. The van der Waals surface area contributed by atoms with Crippen molar-refractivity contribution in [2.75, 3.05) is 57.3 Å². The number of hydrogen-bond donors (Lipinski definition) is 1. The molecule has 4 aliphatic heterocycles. The van der Waals surface area contributed by atoms with E-state index in [-0.39, 0.29) is 46.5 Å². The van der Waals surface area contributed by atoms with E-state index in [2.05, 4.69) is 22.0 Å². The number of anilines is 1. The number of nitrogens with zero attached hydrogens (tertiary/aromatic N) is 6. The first-order valence-corrected chi connectivity index (χ1v) is 18.2. The molecule has 2 aromatic heterocycles. The van der Waals surface area contributed by atoms with Gasteiger partial charge in [-0.05, 0) is 67.3 Å². The highest BCUT2D eigenvalue weighted by molar-refractivity contribution is 6.01. The van der Waals surface area contributed by atoms with Gasteiger partial charge in [-0.3, -0.25) is 4.90 Å². The fourth-order valence-corrected chi connectivity index (χ4v) is 9.31. The minimum absolute atomic E-state index is 0.111. The smallest absolute Gasteiger partial charge is 0.401 e. The number of halogens is 5. The van der Waals surface area contributed by atoms with E-state index in [0.717, 1.165) is 49.9 Å². The normalized spacial score (nSPS) is 26.1. The molecule has 9 rings (SSSR count). The van der Waals surface area contributed by atoms with Crippen molar-refractivity contribution in [2.45, 2.75) is 70.3 Å². The summed E-state index contributed by atoms with van der Waals surface area (Å²) >= 11 is 0. The maximum Gasteiger partial charge on any atom is 0.401 e. The Kier molecular flexibility index (Phi) is 7.93. The molecular weight excluding hydrogens is 665 g/mol. The zero-order valence-electron chi connectivity index (χ0n) is 28.9. The molecule has 13 heteroatoms. The molecule has 6 heterocycles. The molecule has 1 saturated carbocycles. The Balaban J connectivity index is 1.09. The summed E-state index contributed by atoms with van der Waals surface area (Å²) in [5, 5.41) is 5.83. The Morgan fingerprint density at radius 1 is 0.961 bits per heavy atom. The largest absolute Gasteiger partial charge is 0.463 e. The Morgan fingerprint density at radius 2 is 1.75 bits per heavy atom. The van der Waals surface area contributed by atoms with Crippen LogP contribution >= 0.6 is 0 Å². The van der Waals surface area contributed by atoms with E-state index in [4.69, 9.17) is 19.7 Å². The van der Waals surface area contributed by atoms with Crippen molar-refractivity contribution in [3.05, 3.63) is 53.2 Å². The van der Waals surface area contributed by atoms with Gasteiger partial charge in [0.15, 0.2) is 5.82 Å². The topological polar surface area (TPSA) is 69.7 Å². The van der Waals surface area contributed by atoms with E-state index < -0.39 is 18.5 Å². The minimum Gasteiger partial charge on any atom is -0.463 e. The molecule has 1 aliphatic carbocycles. The molecule has 5 aliphatic rings. The first-order valence-electron chi connectivity index (χ1n) is 18.2. The lowest BCUT2D eigenvalue weighted by Crippen LogP contribution is -2.60. The molecule has 2 bridgehead atoms. The number of aryl methyl sites for hydroxylation is 1. The monoisotopic (exact) mass is 707 g/mol.